The zero-order valence-electron chi connectivity index (χ0n) is 11.3. The van der Waals surface area contributed by atoms with E-state index < -0.39 is 15.6 Å². The molecule has 1 aromatic heterocycles. The van der Waals surface area contributed by atoms with Crippen LogP contribution in [0.3, 0.4) is 0 Å². The van der Waals surface area contributed by atoms with Crippen molar-refractivity contribution in [1.82, 2.24) is 4.72 Å². The minimum Gasteiger partial charge on any atom is -0.421 e. The summed E-state index contributed by atoms with van der Waals surface area (Å²) in [4.78, 5) is 11.5. The lowest BCUT2D eigenvalue weighted by molar-refractivity contribution is 0.551. The number of fused-ring (bicyclic) bond motifs is 1. The van der Waals surface area contributed by atoms with E-state index in [0.717, 1.165) is 25.7 Å². The van der Waals surface area contributed by atoms with Crippen molar-refractivity contribution >= 4 is 26.7 Å². The van der Waals surface area contributed by atoms with Crippen LogP contribution in [0.4, 0.5) is 5.69 Å². The third-order valence-electron chi connectivity index (χ3n) is 3.72. The molecule has 0 radical (unpaired) electrons. The molecule has 3 rings (SSSR count). The van der Waals surface area contributed by atoms with E-state index in [2.05, 4.69) is 4.72 Å². The van der Waals surface area contributed by atoms with Gasteiger partial charge in [0.05, 0.1) is 4.90 Å². The summed E-state index contributed by atoms with van der Waals surface area (Å²) < 4.78 is 32.4. The Balaban J connectivity index is 1.99. The third-order valence-corrected chi connectivity index (χ3v) is 5.24. The molecule has 2 aromatic rings. The molecule has 0 spiro atoms. The fraction of sp³-hybridized carbons (Fsp3) is 0.357. The molecular weight excluding hydrogens is 292 g/mol. The van der Waals surface area contributed by atoms with Crippen LogP contribution in [0.1, 0.15) is 25.7 Å². The molecular formula is C14H16N2O4S. The molecule has 7 heteroatoms. The molecule has 0 unspecified atom stereocenters. The average Bonchev–Trinajstić information content (AvgIpc) is 2.91. The maximum Gasteiger partial charge on any atom is 0.359 e. The highest BCUT2D eigenvalue weighted by Gasteiger charge is 2.23. The molecule has 1 aromatic carbocycles. The van der Waals surface area contributed by atoms with Gasteiger partial charge in [0.2, 0.25) is 10.0 Å². The maximum atomic E-state index is 12.3. The minimum absolute atomic E-state index is 0.00414. The lowest BCUT2D eigenvalue weighted by Gasteiger charge is -2.12. The highest BCUT2D eigenvalue weighted by molar-refractivity contribution is 7.89. The largest absolute Gasteiger partial charge is 0.421 e. The number of sulfonamides is 1. The van der Waals surface area contributed by atoms with Crippen molar-refractivity contribution in [2.24, 2.45) is 0 Å². The second kappa shape index (κ2) is 5.16. The number of benzene rings is 1. The normalized spacial score (nSPS) is 16.6. The number of rotatable bonds is 3. The van der Waals surface area contributed by atoms with Crippen LogP contribution >= 0.6 is 0 Å². The van der Waals surface area contributed by atoms with Gasteiger partial charge in [0, 0.05) is 11.4 Å². The zero-order valence-corrected chi connectivity index (χ0v) is 12.2. The third kappa shape index (κ3) is 2.79. The van der Waals surface area contributed by atoms with Crippen molar-refractivity contribution < 1.29 is 12.8 Å². The molecule has 3 N–H and O–H groups in total. The number of anilines is 1. The minimum atomic E-state index is -3.57. The first kappa shape index (κ1) is 14.1. The van der Waals surface area contributed by atoms with E-state index in [0.29, 0.717) is 11.0 Å². The fourth-order valence-corrected chi connectivity index (χ4v) is 3.96. The molecule has 1 fully saturated rings. The van der Waals surface area contributed by atoms with Crippen LogP contribution in [0.5, 0.6) is 0 Å². The van der Waals surface area contributed by atoms with Crippen molar-refractivity contribution in [3.8, 4) is 0 Å². The van der Waals surface area contributed by atoms with E-state index in [1.165, 1.54) is 24.3 Å². The summed E-state index contributed by atoms with van der Waals surface area (Å²) in [5.74, 6) is 0. The zero-order chi connectivity index (χ0) is 15.0. The van der Waals surface area contributed by atoms with E-state index in [-0.39, 0.29) is 16.6 Å². The highest BCUT2D eigenvalue weighted by atomic mass is 32.2. The van der Waals surface area contributed by atoms with Gasteiger partial charge < -0.3 is 10.2 Å². The predicted molar refractivity (Wildman–Crippen MR) is 79.5 cm³/mol. The van der Waals surface area contributed by atoms with Gasteiger partial charge in [-0.25, -0.2) is 17.9 Å². The van der Waals surface area contributed by atoms with E-state index in [9.17, 15) is 13.2 Å². The second-order valence-corrected chi connectivity index (χ2v) is 7.01. The fourth-order valence-electron chi connectivity index (χ4n) is 2.62. The summed E-state index contributed by atoms with van der Waals surface area (Å²) in [6.45, 7) is 0. The smallest absolute Gasteiger partial charge is 0.359 e. The quantitative estimate of drug-likeness (QED) is 0.838. The molecule has 112 valence electrons. The Kier molecular flexibility index (Phi) is 3.46. The van der Waals surface area contributed by atoms with Crippen LogP contribution in [0.25, 0.3) is 11.0 Å². The summed E-state index contributed by atoms with van der Waals surface area (Å²) in [6, 6.07) is 5.80. The Morgan fingerprint density at radius 2 is 1.90 bits per heavy atom. The first-order valence-electron chi connectivity index (χ1n) is 6.81. The van der Waals surface area contributed by atoms with Crippen molar-refractivity contribution in [3.63, 3.8) is 0 Å². The van der Waals surface area contributed by atoms with Gasteiger partial charge in [-0.05, 0) is 37.1 Å². The van der Waals surface area contributed by atoms with Crippen LogP contribution in [-0.4, -0.2) is 14.5 Å². The van der Waals surface area contributed by atoms with E-state index >= 15 is 0 Å². The van der Waals surface area contributed by atoms with E-state index in [4.69, 9.17) is 10.2 Å². The number of nitrogens with two attached hydrogens (primary N) is 1. The molecule has 0 saturated heterocycles. The summed E-state index contributed by atoms with van der Waals surface area (Å²) >= 11 is 0. The van der Waals surface area contributed by atoms with Crippen molar-refractivity contribution in [2.45, 2.75) is 36.6 Å². The molecule has 1 aliphatic rings. The van der Waals surface area contributed by atoms with Crippen molar-refractivity contribution in [1.29, 1.82) is 0 Å². The molecule has 1 saturated carbocycles. The highest BCUT2D eigenvalue weighted by Crippen LogP contribution is 2.23. The van der Waals surface area contributed by atoms with Crippen molar-refractivity contribution in [3.05, 3.63) is 34.7 Å². The predicted octanol–water partition coefficient (Wildman–Crippen LogP) is 1.60. The molecule has 6 nitrogen and oxygen atoms in total. The lowest BCUT2D eigenvalue weighted by atomic mass is 10.2. The summed E-state index contributed by atoms with van der Waals surface area (Å²) in [6.07, 6.45) is 3.84. The van der Waals surface area contributed by atoms with Crippen LogP contribution in [-0.2, 0) is 10.0 Å². The van der Waals surface area contributed by atoms with Gasteiger partial charge in [-0.2, -0.15) is 0 Å². The summed E-state index contributed by atoms with van der Waals surface area (Å²) in [5, 5.41) is 0.487. The second-order valence-electron chi connectivity index (χ2n) is 5.29. The van der Waals surface area contributed by atoms with Crippen LogP contribution in [0.2, 0.25) is 0 Å². The van der Waals surface area contributed by atoms with Gasteiger partial charge in [0.15, 0.2) is 0 Å². The van der Waals surface area contributed by atoms with Gasteiger partial charge in [-0.1, -0.05) is 12.8 Å². The molecule has 0 atom stereocenters. The van der Waals surface area contributed by atoms with Gasteiger partial charge in [0.25, 0.3) is 0 Å². The Labute approximate surface area is 122 Å². The monoisotopic (exact) mass is 308 g/mol. The van der Waals surface area contributed by atoms with E-state index in [1.54, 1.807) is 0 Å². The number of hydrogen-bond donors (Lipinski definition) is 2. The Morgan fingerprint density at radius 1 is 1.19 bits per heavy atom. The number of hydrogen-bond acceptors (Lipinski definition) is 5. The number of nitrogen functional groups attached to an aromatic ring is 1. The average molecular weight is 308 g/mol. The van der Waals surface area contributed by atoms with Crippen LogP contribution < -0.4 is 16.1 Å². The van der Waals surface area contributed by atoms with Gasteiger partial charge in [0.1, 0.15) is 11.3 Å². The first-order chi connectivity index (χ1) is 9.95. The van der Waals surface area contributed by atoms with Gasteiger partial charge in [-0.3, -0.25) is 0 Å². The topological polar surface area (TPSA) is 102 Å². The standard InChI is InChI=1S/C14H16N2O4S/c15-12-8-9-7-11(5-6-13(9)20-14(12)17)21(18,19)16-10-3-1-2-4-10/h5-8,10,16H,1-4,15H2. The first-order valence-corrected chi connectivity index (χ1v) is 8.30. The molecule has 0 aliphatic heterocycles. The Bertz CT molecular complexity index is 836. The number of nitrogens with one attached hydrogen (secondary N) is 1. The molecule has 1 heterocycles. The Morgan fingerprint density at radius 3 is 2.62 bits per heavy atom. The van der Waals surface area contributed by atoms with E-state index in [1.807, 2.05) is 0 Å². The van der Waals surface area contributed by atoms with Crippen LogP contribution in [0, 0.1) is 0 Å². The van der Waals surface area contributed by atoms with Crippen molar-refractivity contribution in [2.75, 3.05) is 5.73 Å². The Hall–Kier alpha value is -1.86. The van der Waals surface area contributed by atoms with Gasteiger partial charge in [-0.15, -0.1) is 0 Å². The molecule has 1 aliphatic carbocycles. The summed E-state index contributed by atoms with van der Waals surface area (Å²) in [5.41, 5.74) is 5.16. The van der Waals surface area contributed by atoms with Gasteiger partial charge >= 0.3 is 5.63 Å². The molecule has 0 bridgehead atoms. The lowest BCUT2D eigenvalue weighted by Crippen LogP contribution is -2.32. The molecule has 21 heavy (non-hydrogen) atoms. The maximum absolute atomic E-state index is 12.3. The molecule has 0 amide bonds. The summed E-state index contributed by atoms with van der Waals surface area (Å²) in [7, 11) is -3.57. The van der Waals surface area contributed by atoms with Crippen LogP contribution in [0.15, 0.2) is 38.4 Å². The SMILES string of the molecule is Nc1cc2cc(S(=O)(=O)NC3CCCC3)ccc2oc1=O.